The number of amides is 1. The number of methoxy groups -OCH3 is 1. The molecule has 6 heteroatoms. The minimum Gasteiger partial charge on any atom is -0.380 e. The highest BCUT2D eigenvalue weighted by Gasteiger charge is 2.16. The summed E-state index contributed by atoms with van der Waals surface area (Å²) in [5.74, 6) is 0.0306. The van der Waals surface area contributed by atoms with Crippen LogP contribution in [0.25, 0.3) is 0 Å². The van der Waals surface area contributed by atoms with Gasteiger partial charge in [0.1, 0.15) is 0 Å². The fraction of sp³-hybridized carbons (Fsp3) is 0.462. The van der Waals surface area contributed by atoms with Crippen molar-refractivity contribution < 1.29 is 9.53 Å². The number of nitrogens with zero attached hydrogens (tertiary/aromatic N) is 1. The fourth-order valence-electron chi connectivity index (χ4n) is 1.58. The molecule has 0 saturated carbocycles. The Morgan fingerprint density at radius 2 is 2.11 bits per heavy atom. The van der Waals surface area contributed by atoms with Gasteiger partial charge in [-0.05, 0) is 11.6 Å². The fourth-order valence-corrected chi connectivity index (χ4v) is 1.99. The lowest BCUT2D eigenvalue weighted by molar-refractivity contribution is -0.132. The molecule has 0 heterocycles. The van der Waals surface area contributed by atoms with Crippen LogP contribution in [0.3, 0.4) is 0 Å². The van der Waals surface area contributed by atoms with Crippen LogP contribution in [-0.4, -0.2) is 37.6 Å². The Labute approximate surface area is 128 Å². The zero-order chi connectivity index (χ0) is 13.5. The van der Waals surface area contributed by atoms with Gasteiger partial charge in [-0.25, -0.2) is 0 Å². The van der Waals surface area contributed by atoms with Crippen molar-refractivity contribution in [2.24, 2.45) is 5.73 Å². The first-order valence-electron chi connectivity index (χ1n) is 5.78. The number of nitrogens with two attached hydrogens (primary N) is 1. The lowest BCUT2D eigenvalue weighted by atomic mass is 10.2. The topological polar surface area (TPSA) is 55.6 Å². The van der Waals surface area contributed by atoms with Crippen LogP contribution in [0.5, 0.6) is 0 Å². The maximum absolute atomic E-state index is 12.0. The van der Waals surface area contributed by atoms with Gasteiger partial charge in [0.2, 0.25) is 5.91 Å². The molecule has 1 rings (SSSR count). The van der Waals surface area contributed by atoms with Crippen molar-refractivity contribution in [3.8, 4) is 0 Å². The first-order valence-corrected chi connectivity index (χ1v) is 6.58. The Hall–Kier alpha value is -0.620. The van der Waals surface area contributed by atoms with Crippen molar-refractivity contribution in [2.75, 3.05) is 20.7 Å². The molecule has 0 aromatic heterocycles. The molecular formula is C13H20BrClN2O2. The molecule has 0 aliphatic rings. The summed E-state index contributed by atoms with van der Waals surface area (Å²) in [6.07, 6.45) is 0.104. The zero-order valence-electron chi connectivity index (χ0n) is 11.1. The monoisotopic (exact) mass is 350 g/mol. The van der Waals surface area contributed by atoms with Crippen molar-refractivity contribution in [3.05, 3.63) is 34.3 Å². The van der Waals surface area contributed by atoms with E-state index in [1.54, 1.807) is 19.1 Å². The molecule has 0 saturated heterocycles. The highest BCUT2D eigenvalue weighted by Crippen LogP contribution is 2.17. The molecule has 0 radical (unpaired) electrons. The second-order valence-electron chi connectivity index (χ2n) is 4.14. The molecule has 1 aromatic carbocycles. The highest BCUT2D eigenvalue weighted by atomic mass is 79.9. The molecule has 0 spiro atoms. The Kier molecular flexibility index (Phi) is 9.01. The van der Waals surface area contributed by atoms with Crippen molar-refractivity contribution in [1.29, 1.82) is 0 Å². The molecule has 0 aliphatic carbocycles. The van der Waals surface area contributed by atoms with Crippen LogP contribution < -0.4 is 5.73 Å². The van der Waals surface area contributed by atoms with E-state index >= 15 is 0 Å². The number of carbonyl (C=O) groups excluding carboxylic acids is 1. The Bertz CT molecular complexity index is 400. The third-order valence-corrected chi connectivity index (χ3v) is 3.56. The van der Waals surface area contributed by atoms with Gasteiger partial charge in [-0.15, -0.1) is 12.4 Å². The van der Waals surface area contributed by atoms with E-state index in [-0.39, 0.29) is 24.4 Å². The predicted molar refractivity (Wildman–Crippen MR) is 82.3 cm³/mol. The minimum absolute atomic E-state index is 0. The summed E-state index contributed by atoms with van der Waals surface area (Å²) in [6, 6.07) is 7.86. The van der Waals surface area contributed by atoms with Gasteiger partial charge >= 0.3 is 0 Å². The molecule has 19 heavy (non-hydrogen) atoms. The molecule has 1 amide bonds. The van der Waals surface area contributed by atoms with Gasteiger partial charge in [0, 0.05) is 31.7 Å². The van der Waals surface area contributed by atoms with E-state index in [0.29, 0.717) is 19.5 Å². The SMILES string of the molecule is COC(CN)CC(=O)N(C)Cc1ccccc1Br.Cl. The van der Waals surface area contributed by atoms with Gasteiger partial charge in [-0.3, -0.25) is 4.79 Å². The number of rotatable bonds is 6. The van der Waals surface area contributed by atoms with Gasteiger partial charge in [-0.2, -0.15) is 0 Å². The van der Waals surface area contributed by atoms with E-state index < -0.39 is 0 Å². The standard InChI is InChI=1S/C13H19BrN2O2.ClH/c1-16(13(17)7-11(8-15)18-2)9-10-5-3-4-6-12(10)14;/h3-6,11H,7-9,15H2,1-2H3;1H. The number of benzene rings is 1. The molecule has 0 bridgehead atoms. The summed E-state index contributed by atoms with van der Waals surface area (Å²) in [6.45, 7) is 0.923. The van der Waals surface area contributed by atoms with E-state index in [1.165, 1.54) is 0 Å². The normalized spacial score (nSPS) is 11.6. The second-order valence-corrected chi connectivity index (χ2v) is 4.99. The molecule has 1 unspecified atom stereocenters. The summed E-state index contributed by atoms with van der Waals surface area (Å²) in [5, 5.41) is 0. The zero-order valence-corrected chi connectivity index (χ0v) is 13.5. The van der Waals surface area contributed by atoms with Crippen LogP contribution in [0.1, 0.15) is 12.0 Å². The largest absolute Gasteiger partial charge is 0.380 e. The maximum atomic E-state index is 12.0. The van der Waals surface area contributed by atoms with Gasteiger partial charge in [0.15, 0.2) is 0 Å². The van der Waals surface area contributed by atoms with E-state index in [2.05, 4.69) is 15.9 Å². The lowest BCUT2D eigenvalue weighted by Gasteiger charge is -2.20. The molecule has 1 aromatic rings. The Balaban J connectivity index is 0.00000324. The number of halogens is 2. The van der Waals surface area contributed by atoms with Crippen LogP contribution in [0, 0.1) is 0 Å². The summed E-state index contributed by atoms with van der Waals surface area (Å²) in [7, 11) is 3.35. The first-order chi connectivity index (χ1) is 8.58. The molecule has 108 valence electrons. The summed E-state index contributed by atoms with van der Waals surface area (Å²) in [4.78, 5) is 13.6. The molecule has 0 aliphatic heterocycles. The Morgan fingerprint density at radius 1 is 1.47 bits per heavy atom. The number of hydrogen-bond acceptors (Lipinski definition) is 3. The third kappa shape index (κ3) is 5.91. The molecule has 2 N–H and O–H groups in total. The quantitative estimate of drug-likeness (QED) is 0.855. The van der Waals surface area contributed by atoms with E-state index in [9.17, 15) is 4.79 Å². The van der Waals surface area contributed by atoms with Gasteiger partial charge in [0.25, 0.3) is 0 Å². The van der Waals surface area contributed by atoms with Crippen LogP contribution >= 0.6 is 28.3 Å². The summed E-state index contributed by atoms with van der Waals surface area (Å²) >= 11 is 3.47. The molecule has 4 nitrogen and oxygen atoms in total. The van der Waals surface area contributed by atoms with E-state index in [1.807, 2.05) is 24.3 Å². The average molecular weight is 352 g/mol. The van der Waals surface area contributed by atoms with Gasteiger partial charge in [-0.1, -0.05) is 34.1 Å². The molecular weight excluding hydrogens is 332 g/mol. The predicted octanol–water partition coefficient (Wildman–Crippen LogP) is 2.19. The smallest absolute Gasteiger partial charge is 0.225 e. The van der Waals surface area contributed by atoms with Gasteiger partial charge < -0.3 is 15.4 Å². The summed E-state index contributed by atoms with van der Waals surface area (Å²) in [5.41, 5.74) is 6.58. The molecule has 0 fully saturated rings. The molecule has 1 atom stereocenters. The van der Waals surface area contributed by atoms with Crippen LogP contribution in [0.2, 0.25) is 0 Å². The Morgan fingerprint density at radius 3 is 2.63 bits per heavy atom. The maximum Gasteiger partial charge on any atom is 0.225 e. The first kappa shape index (κ1) is 18.4. The van der Waals surface area contributed by atoms with Gasteiger partial charge in [0.05, 0.1) is 12.5 Å². The van der Waals surface area contributed by atoms with Crippen LogP contribution in [0.4, 0.5) is 0 Å². The number of ether oxygens (including phenoxy) is 1. The van der Waals surface area contributed by atoms with Crippen molar-refractivity contribution in [1.82, 2.24) is 4.90 Å². The van der Waals surface area contributed by atoms with E-state index in [4.69, 9.17) is 10.5 Å². The lowest BCUT2D eigenvalue weighted by Crippen LogP contribution is -2.33. The average Bonchev–Trinajstić information content (AvgIpc) is 2.38. The van der Waals surface area contributed by atoms with E-state index in [0.717, 1.165) is 10.0 Å². The van der Waals surface area contributed by atoms with Crippen LogP contribution in [0.15, 0.2) is 28.7 Å². The van der Waals surface area contributed by atoms with Crippen molar-refractivity contribution in [2.45, 2.75) is 19.1 Å². The van der Waals surface area contributed by atoms with Crippen molar-refractivity contribution >= 4 is 34.2 Å². The number of hydrogen-bond donors (Lipinski definition) is 1. The summed E-state index contributed by atoms with van der Waals surface area (Å²) < 4.78 is 6.12. The highest BCUT2D eigenvalue weighted by molar-refractivity contribution is 9.10. The third-order valence-electron chi connectivity index (χ3n) is 2.79. The minimum atomic E-state index is -0.209. The van der Waals surface area contributed by atoms with Crippen molar-refractivity contribution in [3.63, 3.8) is 0 Å². The van der Waals surface area contributed by atoms with Crippen LogP contribution in [-0.2, 0) is 16.1 Å². The second kappa shape index (κ2) is 9.31. The number of carbonyl (C=O) groups is 1.